The molecule has 3 aromatic carbocycles. The topological polar surface area (TPSA) is 9.23 Å². The zero-order valence-electron chi connectivity index (χ0n) is 17.0. The first kappa shape index (κ1) is 21.1. The third kappa shape index (κ3) is 3.50. The van der Waals surface area contributed by atoms with Gasteiger partial charge in [-0.2, -0.15) is 4.39 Å². The normalized spacial score (nSPS) is 13.1. The molecule has 0 unspecified atom stereocenters. The van der Waals surface area contributed by atoms with Gasteiger partial charge in [0, 0.05) is 16.7 Å². The fourth-order valence-corrected chi connectivity index (χ4v) is 3.97. The molecule has 6 heteroatoms. The molecule has 3 aromatic rings. The van der Waals surface area contributed by atoms with Gasteiger partial charge in [-0.1, -0.05) is 37.3 Å². The van der Waals surface area contributed by atoms with E-state index in [1.807, 2.05) is 0 Å². The van der Waals surface area contributed by atoms with Crippen LogP contribution in [0, 0.1) is 29.1 Å². The van der Waals surface area contributed by atoms with Gasteiger partial charge in [0.25, 0.3) is 0 Å². The van der Waals surface area contributed by atoms with Crippen molar-refractivity contribution in [1.82, 2.24) is 0 Å². The molecular formula is C25H19F5O. The number of rotatable bonds is 4. The third-order valence-electron chi connectivity index (χ3n) is 5.72. The lowest BCUT2D eigenvalue weighted by Gasteiger charge is -2.21. The second kappa shape index (κ2) is 8.17. The Morgan fingerprint density at radius 3 is 2.10 bits per heavy atom. The molecule has 0 fully saturated rings. The Bertz CT molecular complexity index is 1210. The summed E-state index contributed by atoms with van der Waals surface area (Å²) in [4.78, 5) is 0. The van der Waals surface area contributed by atoms with E-state index in [0.717, 1.165) is 0 Å². The van der Waals surface area contributed by atoms with E-state index >= 15 is 4.39 Å². The van der Waals surface area contributed by atoms with Crippen molar-refractivity contribution in [3.8, 4) is 16.9 Å². The number of halogens is 5. The van der Waals surface area contributed by atoms with E-state index in [4.69, 9.17) is 4.74 Å². The van der Waals surface area contributed by atoms with E-state index in [1.54, 1.807) is 25.1 Å². The smallest absolute Gasteiger partial charge is 0.201 e. The van der Waals surface area contributed by atoms with Crippen molar-refractivity contribution >= 4 is 5.57 Å². The highest BCUT2D eigenvalue weighted by Crippen LogP contribution is 2.37. The Morgan fingerprint density at radius 2 is 1.39 bits per heavy atom. The number of methoxy groups -OCH3 is 1. The lowest BCUT2D eigenvalue weighted by Crippen LogP contribution is -2.09. The highest BCUT2D eigenvalue weighted by atomic mass is 19.2. The molecule has 0 spiro atoms. The molecule has 0 radical (unpaired) electrons. The fraction of sp³-hybridized carbons (Fsp3) is 0.200. The summed E-state index contributed by atoms with van der Waals surface area (Å²) >= 11 is 0. The molecule has 0 saturated carbocycles. The molecule has 0 aliphatic heterocycles. The fourth-order valence-electron chi connectivity index (χ4n) is 3.97. The van der Waals surface area contributed by atoms with Crippen molar-refractivity contribution in [2.45, 2.75) is 26.2 Å². The largest absolute Gasteiger partial charge is 0.494 e. The maximum absolute atomic E-state index is 15.2. The standard InChI is InChI=1S/C25H19F5O/c1-3-13-4-7-17(23(28)21(13)26)15-5-8-16-14(12-15)6-9-18(22(16)27)19-10-11-20(31-2)25(30)24(19)29/h4-7,9-11H,3,8,12H2,1-2H3. The maximum atomic E-state index is 15.2. The van der Waals surface area contributed by atoms with E-state index in [2.05, 4.69) is 0 Å². The van der Waals surface area contributed by atoms with E-state index < -0.39 is 29.1 Å². The zero-order valence-corrected chi connectivity index (χ0v) is 17.0. The maximum Gasteiger partial charge on any atom is 0.201 e. The molecular weight excluding hydrogens is 411 g/mol. The molecule has 1 aliphatic carbocycles. The average Bonchev–Trinajstić information content (AvgIpc) is 2.78. The number of hydrogen-bond donors (Lipinski definition) is 0. The summed E-state index contributed by atoms with van der Waals surface area (Å²) in [6.07, 6.45) is 2.35. The molecule has 1 aliphatic rings. The highest BCUT2D eigenvalue weighted by molar-refractivity contribution is 5.74. The summed E-state index contributed by atoms with van der Waals surface area (Å²) in [5, 5.41) is 0. The lowest BCUT2D eigenvalue weighted by atomic mass is 9.85. The Balaban J connectivity index is 1.72. The minimum absolute atomic E-state index is 0.0702. The van der Waals surface area contributed by atoms with Gasteiger partial charge in [0.15, 0.2) is 23.2 Å². The van der Waals surface area contributed by atoms with Crippen molar-refractivity contribution < 1.29 is 26.7 Å². The molecule has 0 aromatic heterocycles. The average molecular weight is 430 g/mol. The van der Waals surface area contributed by atoms with Crippen molar-refractivity contribution in [3.63, 3.8) is 0 Å². The van der Waals surface area contributed by atoms with Crippen LogP contribution in [0.5, 0.6) is 5.75 Å². The minimum Gasteiger partial charge on any atom is -0.494 e. The Kier molecular flexibility index (Phi) is 5.56. The predicted molar refractivity (Wildman–Crippen MR) is 109 cm³/mol. The van der Waals surface area contributed by atoms with Crippen LogP contribution in [-0.2, 0) is 19.3 Å². The van der Waals surface area contributed by atoms with Crippen LogP contribution in [0.15, 0.2) is 42.5 Å². The van der Waals surface area contributed by atoms with Crippen LogP contribution in [0.1, 0.15) is 29.2 Å². The molecule has 0 atom stereocenters. The van der Waals surface area contributed by atoms with Gasteiger partial charge in [0.1, 0.15) is 5.82 Å². The van der Waals surface area contributed by atoms with Crippen molar-refractivity contribution in [2.24, 2.45) is 0 Å². The first-order valence-corrected chi connectivity index (χ1v) is 9.86. The Hall–Kier alpha value is -3.15. The van der Waals surface area contributed by atoms with Gasteiger partial charge in [0.2, 0.25) is 5.82 Å². The van der Waals surface area contributed by atoms with Crippen LogP contribution in [0.2, 0.25) is 0 Å². The molecule has 0 saturated heterocycles. The molecule has 1 nitrogen and oxygen atoms in total. The molecule has 160 valence electrons. The first-order chi connectivity index (χ1) is 14.9. The first-order valence-electron chi connectivity index (χ1n) is 9.86. The SMILES string of the molecule is CCc1ccc(C2=CCc3c(ccc(-c4ccc(OC)c(F)c4F)c3F)C2)c(F)c1F. The van der Waals surface area contributed by atoms with Crippen LogP contribution in [0.4, 0.5) is 22.0 Å². The van der Waals surface area contributed by atoms with Gasteiger partial charge < -0.3 is 4.74 Å². The minimum atomic E-state index is -1.20. The van der Waals surface area contributed by atoms with Gasteiger partial charge in [-0.25, -0.2) is 17.6 Å². The van der Waals surface area contributed by atoms with E-state index in [0.29, 0.717) is 28.7 Å². The van der Waals surface area contributed by atoms with Crippen LogP contribution in [0.25, 0.3) is 16.7 Å². The number of aryl methyl sites for hydroxylation is 1. The van der Waals surface area contributed by atoms with E-state index in [1.165, 1.54) is 31.4 Å². The third-order valence-corrected chi connectivity index (χ3v) is 5.72. The van der Waals surface area contributed by atoms with Gasteiger partial charge in [-0.15, -0.1) is 0 Å². The quantitative estimate of drug-likeness (QED) is 0.414. The van der Waals surface area contributed by atoms with E-state index in [-0.39, 0.29) is 35.3 Å². The number of hydrogen-bond acceptors (Lipinski definition) is 1. The predicted octanol–water partition coefficient (Wildman–Crippen LogP) is 6.80. The number of allylic oxidation sites excluding steroid dienone is 2. The van der Waals surface area contributed by atoms with Crippen LogP contribution >= 0.6 is 0 Å². The summed E-state index contributed by atoms with van der Waals surface area (Å²) in [6.45, 7) is 1.74. The van der Waals surface area contributed by atoms with Crippen molar-refractivity contribution in [2.75, 3.05) is 7.11 Å². The number of ether oxygens (including phenoxy) is 1. The van der Waals surface area contributed by atoms with Crippen LogP contribution < -0.4 is 4.74 Å². The summed E-state index contributed by atoms with van der Waals surface area (Å²) in [7, 11) is 1.21. The molecule has 0 heterocycles. The second-order valence-corrected chi connectivity index (χ2v) is 7.37. The summed E-state index contributed by atoms with van der Waals surface area (Å²) < 4.78 is 77.3. The monoisotopic (exact) mass is 430 g/mol. The molecule has 31 heavy (non-hydrogen) atoms. The van der Waals surface area contributed by atoms with E-state index in [9.17, 15) is 17.6 Å². The molecule has 0 amide bonds. The number of benzene rings is 3. The molecule has 0 N–H and O–H groups in total. The molecule has 4 rings (SSSR count). The van der Waals surface area contributed by atoms with Gasteiger partial charge in [-0.3, -0.25) is 0 Å². The zero-order chi connectivity index (χ0) is 22.3. The molecule has 0 bridgehead atoms. The summed E-state index contributed by atoms with van der Waals surface area (Å²) in [5.74, 6) is -5.10. The summed E-state index contributed by atoms with van der Waals surface area (Å²) in [5.41, 5.74) is 1.63. The van der Waals surface area contributed by atoms with Crippen LogP contribution in [0.3, 0.4) is 0 Å². The lowest BCUT2D eigenvalue weighted by molar-refractivity contribution is 0.372. The Morgan fingerprint density at radius 1 is 0.742 bits per heavy atom. The van der Waals surface area contributed by atoms with Gasteiger partial charge >= 0.3 is 0 Å². The van der Waals surface area contributed by atoms with Gasteiger partial charge in [-0.05, 0) is 53.7 Å². The second-order valence-electron chi connectivity index (χ2n) is 7.37. The van der Waals surface area contributed by atoms with Gasteiger partial charge in [0.05, 0.1) is 7.11 Å². The Labute approximate surface area is 176 Å². The highest BCUT2D eigenvalue weighted by Gasteiger charge is 2.24. The van der Waals surface area contributed by atoms with Crippen molar-refractivity contribution in [1.29, 1.82) is 0 Å². The van der Waals surface area contributed by atoms with Crippen LogP contribution in [-0.4, -0.2) is 7.11 Å². The van der Waals surface area contributed by atoms with Crippen molar-refractivity contribution in [3.05, 3.63) is 93.8 Å². The summed E-state index contributed by atoms with van der Waals surface area (Å²) in [6, 6.07) is 8.57. The number of fused-ring (bicyclic) bond motifs is 1.